The van der Waals surface area contributed by atoms with Gasteiger partial charge in [0.1, 0.15) is 0 Å². The van der Waals surface area contributed by atoms with Gasteiger partial charge in [0, 0.05) is 17.4 Å². The number of hydrogen-bond donors (Lipinski definition) is 2. The Morgan fingerprint density at radius 2 is 1.79 bits per heavy atom. The van der Waals surface area contributed by atoms with E-state index in [2.05, 4.69) is 30.0 Å². The fraction of sp³-hybridized carbons (Fsp3) is 0.348. The minimum absolute atomic E-state index is 0.121. The van der Waals surface area contributed by atoms with Gasteiger partial charge in [-0.15, -0.1) is 0 Å². The molecule has 2 heterocycles. The average Bonchev–Trinajstić information content (AvgIpc) is 3.67. The highest BCUT2D eigenvalue weighted by molar-refractivity contribution is 7.93. The van der Waals surface area contributed by atoms with E-state index in [-0.39, 0.29) is 17.0 Å². The number of benzene rings is 1. The van der Waals surface area contributed by atoms with Crippen LogP contribution in [0, 0.1) is 0 Å². The van der Waals surface area contributed by atoms with Crippen LogP contribution in [-0.4, -0.2) is 46.1 Å². The number of carbonyl (C=O) groups is 1. The van der Waals surface area contributed by atoms with Crippen LogP contribution >= 0.6 is 0 Å². The number of carbonyl (C=O) groups excluding carboxylic acids is 1. The zero-order valence-corrected chi connectivity index (χ0v) is 19.7. The van der Waals surface area contributed by atoms with E-state index in [1.54, 1.807) is 24.5 Å². The van der Waals surface area contributed by atoms with Crippen LogP contribution in [0.25, 0.3) is 11.3 Å². The van der Waals surface area contributed by atoms with Crippen LogP contribution in [-0.2, 0) is 14.8 Å². The molecule has 34 heavy (non-hydrogen) atoms. The second kappa shape index (κ2) is 10.1. The summed E-state index contributed by atoms with van der Waals surface area (Å²) < 4.78 is 32.3. The van der Waals surface area contributed by atoms with E-state index in [0.717, 1.165) is 5.56 Å². The van der Waals surface area contributed by atoms with Crippen molar-refractivity contribution in [2.24, 2.45) is 0 Å². The topological polar surface area (TPSA) is 136 Å². The molecule has 0 aliphatic heterocycles. The standard InChI is InChI=1S/C23H26N6O4S/c1-3-18(20-12-24-13-21(27-20)29-34(31,32)17-9-10-17)23(30)26-16-7-5-15(6-8-16)19-11-25-14-22(28-19)33-4-2/h5-8,11-14,17-18H,3-4,9-10H2,1-2H3,(H,26,30)(H,27,29). The third-order valence-electron chi connectivity index (χ3n) is 5.30. The molecule has 1 saturated carbocycles. The van der Waals surface area contributed by atoms with Gasteiger partial charge < -0.3 is 10.1 Å². The highest BCUT2D eigenvalue weighted by atomic mass is 32.2. The number of aromatic nitrogens is 4. The summed E-state index contributed by atoms with van der Waals surface area (Å²) in [5, 5.41) is 2.52. The average molecular weight is 483 g/mol. The first-order valence-electron chi connectivity index (χ1n) is 11.1. The molecule has 1 aliphatic rings. The maximum absolute atomic E-state index is 13.0. The third-order valence-corrected chi connectivity index (χ3v) is 7.14. The van der Waals surface area contributed by atoms with Gasteiger partial charge in [0.15, 0.2) is 5.82 Å². The first kappa shape index (κ1) is 23.6. The first-order valence-corrected chi connectivity index (χ1v) is 12.6. The lowest BCUT2D eigenvalue weighted by Gasteiger charge is -2.16. The van der Waals surface area contributed by atoms with Crippen molar-refractivity contribution in [1.29, 1.82) is 0 Å². The van der Waals surface area contributed by atoms with Crippen molar-refractivity contribution >= 4 is 27.4 Å². The Morgan fingerprint density at radius 1 is 1.06 bits per heavy atom. The monoisotopic (exact) mass is 482 g/mol. The van der Waals surface area contributed by atoms with Crippen molar-refractivity contribution in [2.45, 2.75) is 44.3 Å². The van der Waals surface area contributed by atoms with Crippen LogP contribution in [0.1, 0.15) is 44.7 Å². The normalized spacial score (nSPS) is 14.3. The lowest BCUT2D eigenvalue weighted by atomic mass is 10.0. The number of amides is 1. The van der Waals surface area contributed by atoms with E-state index >= 15 is 0 Å². The summed E-state index contributed by atoms with van der Waals surface area (Å²) in [7, 11) is -3.46. The molecule has 2 N–H and O–H groups in total. The minimum atomic E-state index is -3.46. The van der Waals surface area contributed by atoms with Gasteiger partial charge in [0.2, 0.25) is 21.8 Å². The van der Waals surface area contributed by atoms with Crippen LogP contribution < -0.4 is 14.8 Å². The maximum Gasteiger partial charge on any atom is 0.236 e. The third kappa shape index (κ3) is 5.66. The van der Waals surface area contributed by atoms with E-state index in [0.29, 0.717) is 48.8 Å². The van der Waals surface area contributed by atoms with E-state index < -0.39 is 15.9 Å². The van der Waals surface area contributed by atoms with Crippen molar-refractivity contribution in [1.82, 2.24) is 19.9 Å². The predicted octanol–water partition coefficient (Wildman–Crippen LogP) is 3.37. The Morgan fingerprint density at radius 3 is 2.47 bits per heavy atom. The number of anilines is 2. The molecule has 10 nitrogen and oxygen atoms in total. The molecule has 0 spiro atoms. The van der Waals surface area contributed by atoms with Gasteiger partial charge >= 0.3 is 0 Å². The fourth-order valence-electron chi connectivity index (χ4n) is 3.39. The van der Waals surface area contributed by atoms with Crippen molar-refractivity contribution in [2.75, 3.05) is 16.6 Å². The van der Waals surface area contributed by atoms with Crippen molar-refractivity contribution in [3.8, 4) is 17.1 Å². The Hall–Kier alpha value is -3.60. The molecule has 1 fully saturated rings. The Balaban J connectivity index is 1.45. The number of nitrogens with zero attached hydrogens (tertiary/aromatic N) is 4. The van der Waals surface area contributed by atoms with Gasteiger partial charge in [0.25, 0.3) is 0 Å². The molecular formula is C23H26N6O4S. The summed E-state index contributed by atoms with van der Waals surface area (Å²) in [5.74, 6) is -0.280. The van der Waals surface area contributed by atoms with Crippen molar-refractivity contribution in [3.05, 3.63) is 54.7 Å². The molecule has 1 amide bonds. The molecule has 0 saturated heterocycles. The highest BCUT2D eigenvalue weighted by Gasteiger charge is 2.36. The second-order valence-electron chi connectivity index (χ2n) is 7.88. The molecule has 0 bridgehead atoms. The zero-order chi connectivity index (χ0) is 24.1. The van der Waals surface area contributed by atoms with Gasteiger partial charge in [-0.1, -0.05) is 19.1 Å². The smallest absolute Gasteiger partial charge is 0.236 e. The summed E-state index contributed by atoms with van der Waals surface area (Å²) in [6, 6.07) is 7.23. The lowest BCUT2D eigenvalue weighted by Crippen LogP contribution is -2.23. The molecule has 178 valence electrons. The first-order chi connectivity index (χ1) is 16.4. The van der Waals surface area contributed by atoms with E-state index in [1.165, 1.54) is 12.4 Å². The Kier molecular flexibility index (Phi) is 7.01. The van der Waals surface area contributed by atoms with Crippen LogP contribution in [0.2, 0.25) is 0 Å². The maximum atomic E-state index is 13.0. The van der Waals surface area contributed by atoms with Crippen molar-refractivity contribution in [3.63, 3.8) is 0 Å². The van der Waals surface area contributed by atoms with E-state index in [4.69, 9.17) is 4.74 Å². The molecule has 3 aromatic rings. The molecule has 2 aromatic heterocycles. The Bertz CT molecular complexity index is 1260. The van der Waals surface area contributed by atoms with Gasteiger partial charge in [-0.3, -0.25) is 19.5 Å². The summed E-state index contributed by atoms with van der Waals surface area (Å²) in [6.45, 7) is 4.24. The molecule has 1 unspecified atom stereocenters. The molecular weight excluding hydrogens is 456 g/mol. The van der Waals surface area contributed by atoms with Crippen molar-refractivity contribution < 1.29 is 17.9 Å². The molecule has 1 atom stereocenters. The van der Waals surface area contributed by atoms with E-state index in [9.17, 15) is 13.2 Å². The largest absolute Gasteiger partial charge is 0.477 e. The summed E-state index contributed by atoms with van der Waals surface area (Å²) in [4.78, 5) is 30.0. The molecule has 1 aliphatic carbocycles. The van der Waals surface area contributed by atoms with Gasteiger partial charge in [-0.05, 0) is 38.3 Å². The van der Waals surface area contributed by atoms with Crippen LogP contribution in [0.15, 0.2) is 49.1 Å². The molecule has 4 rings (SSSR count). The summed E-state index contributed by atoms with van der Waals surface area (Å²) in [6.07, 6.45) is 7.79. The van der Waals surface area contributed by atoms with Crippen LogP contribution in [0.5, 0.6) is 5.88 Å². The predicted molar refractivity (Wildman–Crippen MR) is 128 cm³/mol. The number of sulfonamides is 1. The quantitative estimate of drug-likeness (QED) is 0.449. The Labute approximate surface area is 198 Å². The van der Waals surface area contributed by atoms with Gasteiger partial charge in [-0.2, -0.15) is 0 Å². The lowest BCUT2D eigenvalue weighted by molar-refractivity contribution is -0.117. The van der Waals surface area contributed by atoms with Gasteiger partial charge in [0.05, 0.1) is 47.8 Å². The van der Waals surface area contributed by atoms with E-state index in [1.807, 2.05) is 26.0 Å². The minimum Gasteiger partial charge on any atom is -0.477 e. The highest BCUT2D eigenvalue weighted by Crippen LogP contribution is 2.30. The second-order valence-corrected chi connectivity index (χ2v) is 9.84. The number of hydrogen-bond acceptors (Lipinski definition) is 8. The van der Waals surface area contributed by atoms with Crippen LogP contribution in [0.3, 0.4) is 0 Å². The summed E-state index contributed by atoms with van der Waals surface area (Å²) in [5.41, 5.74) is 2.51. The molecule has 0 radical (unpaired) electrons. The molecule has 11 heteroatoms. The SMILES string of the molecule is CCOc1cncc(-c2ccc(NC(=O)C(CC)c3cncc(NS(=O)(=O)C4CC4)n3)cc2)n1. The number of nitrogens with one attached hydrogen (secondary N) is 2. The fourth-order valence-corrected chi connectivity index (χ4v) is 4.71. The summed E-state index contributed by atoms with van der Waals surface area (Å²) >= 11 is 0. The zero-order valence-electron chi connectivity index (χ0n) is 18.9. The number of ether oxygens (including phenoxy) is 1. The molecule has 1 aromatic carbocycles. The number of rotatable bonds is 10. The van der Waals surface area contributed by atoms with Gasteiger partial charge in [-0.25, -0.2) is 18.4 Å². The van der Waals surface area contributed by atoms with Crippen LogP contribution in [0.4, 0.5) is 11.5 Å².